The van der Waals surface area contributed by atoms with Gasteiger partial charge in [0.25, 0.3) is 6.43 Å². The van der Waals surface area contributed by atoms with Gasteiger partial charge >= 0.3 is 0 Å². The number of nitrogens with one attached hydrogen (secondary N) is 1. The van der Waals surface area contributed by atoms with Crippen molar-refractivity contribution in [2.45, 2.75) is 25.8 Å². The zero-order valence-electron chi connectivity index (χ0n) is 10.3. The third-order valence-electron chi connectivity index (χ3n) is 2.52. The fourth-order valence-corrected chi connectivity index (χ4v) is 1.70. The molecule has 0 saturated heterocycles. The van der Waals surface area contributed by atoms with Gasteiger partial charge in [0.2, 0.25) is 0 Å². The van der Waals surface area contributed by atoms with Crippen LogP contribution < -0.4 is 5.32 Å². The Hall–Kier alpha value is -1.07. The summed E-state index contributed by atoms with van der Waals surface area (Å²) < 4.78 is 41.4. The Morgan fingerprint density at radius 1 is 1.22 bits per heavy atom. The Morgan fingerprint density at radius 2 is 1.89 bits per heavy atom. The lowest BCUT2D eigenvalue weighted by molar-refractivity contribution is 0.0144. The second-order valence-electron chi connectivity index (χ2n) is 3.92. The maximum Gasteiger partial charge on any atom is 0.261 e. The summed E-state index contributed by atoms with van der Waals surface area (Å²) in [5.74, 6) is -0.289. The minimum absolute atomic E-state index is 0.00623. The quantitative estimate of drug-likeness (QED) is 0.726. The van der Waals surface area contributed by atoms with Crippen molar-refractivity contribution in [3.63, 3.8) is 0 Å². The first-order chi connectivity index (χ1) is 8.63. The third-order valence-corrected chi connectivity index (χ3v) is 2.52. The van der Waals surface area contributed by atoms with Gasteiger partial charge in [-0.05, 0) is 30.7 Å². The van der Waals surface area contributed by atoms with Gasteiger partial charge in [-0.2, -0.15) is 0 Å². The number of ether oxygens (including phenoxy) is 1. The Bertz CT molecular complexity index is 330. The fourth-order valence-electron chi connectivity index (χ4n) is 1.70. The minimum Gasteiger partial charge on any atom is -0.375 e. The van der Waals surface area contributed by atoms with Crippen LogP contribution in [0.25, 0.3) is 0 Å². The molecule has 1 unspecified atom stereocenters. The predicted octanol–water partition coefficient (Wildman–Crippen LogP) is 3.15. The van der Waals surface area contributed by atoms with E-state index in [0.717, 1.165) is 12.1 Å². The van der Waals surface area contributed by atoms with Crippen LogP contribution in [0.2, 0.25) is 0 Å². The molecule has 0 aliphatic heterocycles. The van der Waals surface area contributed by atoms with Gasteiger partial charge in [-0.25, -0.2) is 13.2 Å². The molecule has 5 heteroatoms. The van der Waals surface area contributed by atoms with Crippen LogP contribution in [0.3, 0.4) is 0 Å². The van der Waals surface area contributed by atoms with Crippen LogP contribution in [0.1, 0.15) is 24.9 Å². The first-order valence-corrected chi connectivity index (χ1v) is 5.98. The first-order valence-electron chi connectivity index (χ1n) is 5.98. The zero-order valence-corrected chi connectivity index (χ0v) is 10.3. The van der Waals surface area contributed by atoms with E-state index < -0.39 is 13.0 Å². The Kier molecular flexibility index (Phi) is 6.75. The molecule has 2 nitrogen and oxygen atoms in total. The van der Waals surface area contributed by atoms with Crippen LogP contribution in [0.4, 0.5) is 13.2 Å². The Labute approximate surface area is 105 Å². The molecule has 0 fully saturated rings. The molecule has 0 saturated carbocycles. The van der Waals surface area contributed by atoms with Crippen LogP contribution in [0, 0.1) is 5.82 Å². The van der Waals surface area contributed by atoms with Crippen molar-refractivity contribution in [1.82, 2.24) is 5.32 Å². The summed E-state index contributed by atoms with van der Waals surface area (Å²) in [6.45, 7) is 2.41. The van der Waals surface area contributed by atoms with E-state index >= 15 is 0 Å². The van der Waals surface area contributed by atoms with Crippen molar-refractivity contribution in [3.05, 3.63) is 35.6 Å². The van der Waals surface area contributed by atoms with Crippen LogP contribution in [-0.4, -0.2) is 26.2 Å². The van der Waals surface area contributed by atoms with E-state index in [9.17, 15) is 13.2 Å². The van der Waals surface area contributed by atoms with E-state index in [-0.39, 0.29) is 18.5 Å². The number of alkyl halides is 2. The summed E-state index contributed by atoms with van der Waals surface area (Å²) in [5, 5.41) is 3.22. The normalized spacial score (nSPS) is 12.9. The first kappa shape index (κ1) is 15.0. The maximum atomic E-state index is 12.8. The highest BCUT2D eigenvalue weighted by molar-refractivity contribution is 5.19. The Morgan fingerprint density at radius 3 is 2.44 bits per heavy atom. The molecule has 1 N–H and O–H groups in total. The van der Waals surface area contributed by atoms with Gasteiger partial charge in [0.15, 0.2) is 0 Å². The molecule has 0 aliphatic rings. The zero-order chi connectivity index (χ0) is 13.4. The van der Waals surface area contributed by atoms with E-state index in [4.69, 9.17) is 4.74 Å². The summed E-state index contributed by atoms with van der Waals surface area (Å²) in [7, 11) is 0. The number of rotatable bonds is 8. The van der Waals surface area contributed by atoms with Crippen LogP contribution in [0.5, 0.6) is 0 Å². The van der Waals surface area contributed by atoms with Gasteiger partial charge in [-0.1, -0.05) is 19.1 Å². The molecule has 1 atom stereocenters. The lowest BCUT2D eigenvalue weighted by Crippen LogP contribution is -2.22. The molecule has 0 heterocycles. The summed E-state index contributed by atoms with van der Waals surface area (Å²) in [4.78, 5) is 0. The van der Waals surface area contributed by atoms with Gasteiger partial charge in [0.05, 0.1) is 0 Å². The summed E-state index contributed by atoms with van der Waals surface area (Å²) in [6, 6.07) is 6.15. The monoisotopic (exact) mass is 261 g/mol. The molecule has 0 bridgehead atoms. The maximum absolute atomic E-state index is 12.8. The lowest BCUT2D eigenvalue weighted by Gasteiger charge is -2.18. The minimum atomic E-state index is -2.44. The van der Waals surface area contributed by atoms with E-state index in [1.807, 2.05) is 6.92 Å². The number of hydrogen-bond donors (Lipinski definition) is 1. The summed E-state index contributed by atoms with van der Waals surface area (Å²) in [6.07, 6.45) is -1.86. The Balaban J connectivity index is 2.46. The van der Waals surface area contributed by atoms with Gasteiger partial charge in [0, 0.05) is 12.6 Å². The van der Waals surface area contributed by atoms with E-state index in [1.54, 1.807) is 12.1 Å². The molecule has 0 aromatic heterocycles. The van der Waals surface area contributed by atoms with Crippen molar-refractivity contribution in [2.24, 2.45) is 0 Å². The number of benzene rings is 1. The molecular weight excluding hydrogens is 243 g/mol. The van der Waals surface area contributed by atoms with Crippen molar-refractivity contribution < 1.29 is 17.9 Å². The average Bonchev–Trinajstić information content (AvgIpc) is 2.34. The summed E-state index contributed by atoms with van der Waals surface area (Å²) in [5.41, 5.74) is 0.930. The third kappa shape index (κ3) is 5.51. The molecule has 0 amide bonds. The smallest absolute Gasteiger partial charge is 0.261 e. The van der Waals surface area contributed by atoms with Crippen molar-refractivity contribution in [2.75, 3.05) is 19.8 Å². The average molecular weight is 261 g/mol. The van der Waals surface area contributed by atoms with Gasteiger partial charge in [0.1, 0.15) is 12.4 Å². The van der Waals surface area contributed by atoms with E-state index in [1.165, 1.54) is 12.1 Å². The molecule has 1 rings (SSSR count). The molecule has 1 aromatic rings. The SMILES string of the molecule is CCNC(CCOCC(F)F)c1ccc(F)cc1. The molecule has 18 heavy (non-hydrogen) atoms. The fraction of sp³-hybridized carbons (Fsp3) is 0.538. The standard InChI is InChI=1S/C13H18F3NO/c1-2-17-12(7-8-18-9-13(15)16)10-3-5-11(14)6-4-10/h3-6,12-13,17H,2,7-9H2,1H3. The highest BCUT2D eigenvalue weighted by Gasteiger charge is 2.11. The highest BCUT2D eigenvalue weighted by atomic mass is 19.3. The second-order valence-corrected chi connectivity index (χ2v) is 3.92. The van der Waals surface area contributed by atoms with Gasteiger partial charge in [-0.15, -0.1) is 0 Å². The molecule has 102 valence electrons. The van der Waals surface area contributed by atoms with Crippen molar-refractivity contribution >= 4 is 0 Å². The van der Waals surface area contributed by atoms with Crippen LogP contribution >= 0.6 is 0 Å². The van der Waals surface area contributed by atoms with Crippen molar-refractivity contribution in [1.29, 1.82) is 0 Å². The van der Waals surface area contributed by atoms with Gasteiger partial charge < -0.3 is 10.1 Å². The molecule has 0 radical (unpaired) electrons. The van der Waals surface area contributed by atoms with E-state index in [2.05, 4.69) is 5.32 Å². The van der Waals surface area contributed by atoms with Crippen molar-refractivity contribution in [3.8, 4) is 0 Å². The number of halogens is 3. The topological polar surface area (TPSA) is 21.3 Å². The molecule has 0 spiro atoms. The van der Waals surface area contributed by atoms with E-state index in [0.29, 0.717) is 6.42 Å². The molecule has 0 aliphatic carbocycles. The predicted molar refractivity (Wildman–Crippen MR) is 64.3 cm³/mol. The second kappa shape index (κ2) is 8.11. The van der Waals surface area contributed by atoms with Gasteiger partial charge in [-0.3, -0.25) is 0 Å². The largest absolute Gasteiger partial charge is 0.375 e. The highest BCUT2D eigenvalue weighted by Crippen LogP contribution is 2.17. The lowest BCUT2D eigenvalue weighted by atomic mass is 10.0. The van der Waals surface area contributed by atoms with Crippen LogP contribution in [-0.2, 0) is 4.74 Å². The summed E-state index contributed by atoms with van der Waals surface area (Å²) >= 11 is 0. The van der Waals surface area contributed by atoms with Crippen LogP contribution in [0.15, 0.2) is 24.3 Å². The molecule has 1 aromatic carbocycles. The number of hydrogen-bond acceptors (Lipinski definition) is 2. The molecular formula is C13H18F3NO.